The van der Waals surface area contributed by atoms with Crippen molar-refractivity contribution < 1.29 is 8.98 Å². The molecule has 9 rings (SSSR count). The molecule has 3 aromatic carbocycles. The van der Waals surface area contributed by atoms with Crippen LogP contribution in [0.2, 0.25) is 19.6 Å². The standard InChI is InChI=1S/C48H50N3OSi/c1-7-40-46-34(25-30(2)45-39-23-24-41(33-17-9-8-10-18-33)50-48(39)52-47(45)46)21-22-38-36-19-13-14-20-37(36)43-28-35(27-32-15-11-12-16-32)44(53(4,5)6)29-51(43)42(38)26-31(3)49-40/h7-10,13-14,17-20,23-25,28-29,32,38,42H,1,3,11-12,15-16,21-22,26-27H2,2,4-6H3/q+1. The summed E-state index contributed by atoms with van der Waals surface area (Å²) in [5.41, 5.74) is 14.4. The van der Waals surface area contributed by atoms with Gasteiger partial charge in [-0.15, -0.1) is 0 Å². The summed E-state index contributed by atoms with van der Waals surface area (Å²) in [6, 6.07) is 28.9. The zero-order valence-corrected chi connectivity index (χ0v) is 32.7. The number of nitrogens with zero attached hydrogens (tertiary/aromatic N) is 3. The lowest BCUT2D eigenvalue weighted by Gasteiger charge is -2.33. The largest absolute Gasteiger partial charge is 0.437 e. The molecule has 0 amide bonds. The van der Waals surface area contributed by atoms with Crippen molar-refractivity contribution in [3.8, 4) is 22.5 Å². The van der Waals surface area contributed by atoms with E-state index >= 15 is 0 Å². The Balaban J connectivity index is 1.19. The third-order valence-electron chi connectivity index (χ3n) is 12.3. The monoisotopic (exact) mass is 712 g/mol. The molecule has 0 bridgehead atoms. The Bertz CT molecular complexity index is 2460. The number of hydrogen-bond donors (Lipinski definition) is 0. The van der Waals surface area contributed by atoms with Gasteiger partial charge in [-0.25, -0.2) is 4.98 Å². The van der Waals surface area contributed by atoms with Crippen molar-refractivity contribution in [3.05, 3.63) is 138 Å². The van der Waals surface area contributed by atoms with Crippen LogP contribution in [0.3, 0.4) is 0 Å². The fourth-order valence-corrected chi connectivity index (χ4v) is 11.5. The Kier molecular flexibility index (Phi) is 8.46. The van der Waals surface area contributed by atoms with Crippen molar-refractivity contribution in [3.63, 3.8) is 0 Å². The van der Waals surface area contributed by atoms with E-state index < -0.39 is 8.07 Å². The molecule has 1 fully saturated rings. The van der Waals surface area contributed by atoms with E-state index in [1.54, 1.807) is 10.8 Å². The molecule has 4 nitrogen and oxygen atoms in total. The second-order valence-electron chi connectivity index (χ2n) is 16.8. The highest BCUT2D eigenvalue weighted by Crippen LogP contribution is 2.45. The van der Waals surface area contributed by atoms with Gasteiger partial charge in [-0.3, -0.25) is 4.99 Å². The van der Waals surface area contributed by atoms with Crippen molar-refractivity contribution in [2.75, 3.05) is 0 Å². The Morgan fingerprint density at radius 1 is 0.943 bits per heavy atom. The molecule has 0 N–H and O–H groups in total. The van der Waals surface area contributed by atoms with Gasteiger partial charge in [0.25, 0.3) is 0 Å². The molecule has 3 aromatic heterocycles. The molecule has 0 radical (unpaired) electrons. The Labute approximate surface area is 315 Å². The smallest absolute Gasteiger partial charge is 0.227 e. The summed E-state index contributed by atoms with van der Waals surface area (Å²) >= 11 is 0. The summed E-state index contributed by atoms with van der Waals surface area (Å²) < 4.78 is 9.42. The molecule has 1 aliphatic carbocycles. The number of aryl methyl sites for hydroxylation is 2. The predicted octanol–water partition coefficient (Wildman–Crippen LogP) is 11.4. The number of allylic oxidation sites excluding steroid dienone is 2. The second-order valence-corrected chi connectivity index (χ2v) is 21.9. The highest BCUT2D eigenvalue weighted by molar-refractivity contribution is 6.89. The first-order valence-corrected chi connectivity index (χ1v) is 23.2. The first-order valence-electron chi connectivity index (χ1n) is 19.7. The molecular formula is C48H50N3OSi+. The molecular weight excluding hydrogens is 663 g/mol. The number of rotatable bonds is 5. The average molecular weight is 713 g/mol. The van der Waals surface area contributed by atoms with Crippen LogP contribution in [0.4, 0.5) is 0 Å². The van der Waals surface area contributed by atoms with Crippen LogP contribution in [0, 0.1) is 12.8 Å². The molecule has 5 heterocycles. The molecule has 6 aromatic rings. The quantitative estimate of drug-likeness (QED) is 0.132. The van der Waals surface area contributed by atoms with E-state index in [1.165, 1.54) is 60.1 Å². The Hall–Kier alpha value is -4.87. The molecule has 2 atom stereocenters. The molecule has 3 aliphatic rings. The first kappa shape index (κ1) is 33.9. The number of aromatic nitrogens is 2. The van der Waals surface area contributed by atoms with E-state index in [9.17, 15) is 0 Å². The molecule has 266 valence electrons. The summed E-state index contributed by atoms with van der Waals surface area (Å²) in [6.45, 7) is 18.7. The van der Waals surface area contributed by atoms with Gasteiger partial charge in [-0.2, -0.15) is 4.57 Å². The fraction of sp³-hybridized carbons (Fsp3) is 0.312. The van der Waals surface area contributed by atoms with Crippen molar-refractivity contribution in [1.29, 1.82) is 0 Å². The van der Waals surface area contributed by atoms with E-state index in [4.69, 9.17) is 14.4 Å². The van der Waals surface area contributed by atoms with Crippen LogP contribution in [0.25, 0.3) is 44.6 Å². The maximum Gasteiger partial charge on any atom is 0.227 e. The number of benzene rings is 3. The highest BCUT2D eigenvalue weighted by Gasteiger charge is 2.42. The van der Waals surface area contributed by atoms with Crippen LogP contribution in [0.5, 0.6) is 0 Å². The highest BCUT2D eigenvalue weighted by atomic mass is 28.3. The molecule has 1 saturated carbocycles. The summed E-state index contributed by atoms with van der Waals surface area (Å²) in [7, 11) is -1.65. The molecule has 53 heavy (non-hydrogen) atoms. The lowest BCUT2D eigenvalue weighted by molar-refractivity contribution is -0.717. The Morgan fingerprint density at radius 2 is 1.72 bits per heavy atom. The van der Waals surface area contributed by atoms with Gasteiger partial charge < -0.3 is 4.42 Å². The van der Waals surface area contributed by atoms with E-state index in [0.29, 0.717) is 11.6 Å². The molecule has 2 aliphatic heterocycles. The minimum atomic E-state index is -1.65. The minimum absolute atomic E-state index is 0.219. The average Bonchev–Trinajstić information content (AvgIpc) is 3.81. The van der Waals surface area contributed by atoms with Crippen LogP contribution in [0.1, 0.15) is 78.3 Å². The summed E-state index contributed by atoms with van der Waals surface area (Å²) in [6.07, 6.45) is 13.9. The first-order chi connectivity index (χ1) is 25.7. The second kappa shape index (κ2) is 13.2. The minimum Gasteiger partial charge on any atom is -0.437 e. The van der Waals surface area contributed by atoms with Gasteiger partial charge in [-0.1, -0.05) is 113 Å². The van der Waals surface area contributed by atoms with E-state index in [2.05, 4.69) is 111 Å². The van der Waals surface area contributed by atoms with Gasteiger partial charge in [0.15, 0.2) is 12.2 Å². The maximum absolute atomic E-state index is 6.77. The number of fused-ring (bicyclic) bond motifs is 11. The van der Waals surface area contributed by atoms with Crippen molar-refractivity contribution in [1.82, 2.24) is 4.98 Å². The Morgan fingerprint density at radius 3 is 2.49 bits per heavy atom. The van der Waals surface area contributed by atoms with Crippen molar-refractivity contribution in [2.24, 2.45) is 10.9 Å². The summed E-state index contributed by atoms with van der Waals surface area (Å²) in [5, 5.41) is 3.74. The van der Waals surface area contributed by atoms with Crippen LogP contribution < -0.4 is 9.75 Å². The third-order valence-corrected chi connectivity index (χ3v) is 14.4. The van der Waals surface area contributed by atoms with Gasteiger partial charge in [0.2, 0.25) is 11.4 Å². The zero-order valence-electron chi connectivity index (χ0n) is 31.7. The number of hydrogen-bond acceptors (Lipinski definition) is 3. The normalized spacial score (nSPS) is 19.0. The SMILES string of the molecule is C=CC1=NC(=C)CC2C(CCc3cc(C)c4c(oc5nc(-c6ccccc6)ccc54)c31)c1ccccc1-c1cc(CC3CCCC3)c([Si](C)(C)C)c[n+]12. The number of pyridine rings is 2. The van der Waals surface area contributed by atoms with Gasteiger partial charge in [0, 0.05) is 50.3 Å². The van der Waals surface area contributed by atoms with Crippen LogP contribution in [-0.4, -0.2) is 18.8 Å². The number of furan rings is 1. The van der Waals surface area contributed by atoms with Gasteiger partial charge in [-0.05, 0) is 78.6 Å². The van der Waals surface area contributed by atoms with Gasteiger partial charge in [0.05, 0.1) is 25.9 Å². The van der Waals surface area contributed by atoms with Gasteiger partial charge in [0.1, 0.15) is 5.58 Å². The summed E-state index contributed by atoms with van der Waals surface area (Å²) in [4.78, 5) is 10.3. The fourth-order valence-electron chi connectivity index (χ4n) is 9.83. The zero-order chi connectivity index (χ0) is 36.4. The lowest BCUT2D eigenvalue weighted by atomic mass is 9.77. The van der Waals surface area contributed by atoms with Crippen molar-refractivity contribution >= 4 is 41.0 Å². The van der Waals surface area contributed by atoms with Crippen LogP contribution >= 0.6 is 0 Å². The van der Waals surface area contributed by atoms with Gasteiger partial charge >= 0.3 is 0 Å². The molecule has 5 heteroatoms. The molecule has 0 spiro atoms. The molecule has 2 unspecified atom stereocenters. The van der Waals surface area contributed by atoms with Crippen LogP contribution in [-0.2, 0) is 12.8 Å². The van der Waals surface area contributed by atoms with E-state index in [0.717, 1.165) is 69.8 Å². The lowest BCUT2D eigenvalue weighted by Crippen LogP contribution is -2.54. The van der Waals surface area contributed by atoms with E-state index in [-0.39, 0.29) is 6.04 Å². The molecule has 0 saturated heterocycles. The maximum atomic E-state index is 6.77. The van der Waals surface area contributed by atoms with E-state index in [1.807, 2.05) is 24.3 Å². The van der Waals surface area contributed by atoms with Crippen molar-refractivity contribution in [2.45, 2.75) is 89.9 Å². The predicted molar refractivity (Wildman–Crippen MR) is 223 cm³/mol. The van der Waals surface area contributed by atoms with Crippen LogP contribution in [0.15, 0.2) is 119 Å². The summed E-state index contributed by atoms with van der Waals surface area (Å²) in [5.74, 6) is 1.12. The topological polar surface area (TPSA) is 42.3 Å². The number of aliphatic imine (C=N–C) groups is 1. The third kappa shape index (κ3) is 5.94.